The lowest BCUT2D eigenvalue weighted by Crippen LogP contribution is -2.39. The van der Waals surface area contributed by atoms with Crippen molar-refractivity contribution in [2.45, 2.75) is 32.3 Å². The molecule has 1 saturated heterocycles. The van der Waals surface area contributed by atoms with Gasteiger partial charge in [0.2, 0.25) is 0 Å². The average molecular weight is 397 g/mol. The van der Waals surface area contributed by atoms with Crippen molar-refractivity contribution in [2.24, 2.45) is 0 Å². The fourth-order valence-corrected chi connectivity index (χ4v) is 3.57. The molecule has 2 aromatic rings. The number of benzene rings is 2. The van der Waals surface area contributed by atoms with E-state index < -0.39 is 0 Å². The number of nitrogens with one attached hydrogen (secondary N) is 1. The summed E-state index contributed by atoms with van der Waals surface area (Å²) in [5.41, 5.74) is 2.37. The van der Waals surface area contributed by atoms with Gasteiger partial charge < -0.3 is 15.0 Å². The molecule has 4 nitrogen and oxygen atoms in total. The molecule has 0 unspecified atom stereocenters. The highest BCUT2D eigenvalue weighted by Gasteiger charge is 2.20. The number of Topliss-reactive ketones (excluding diaryl/α,β-unsaturated/α-hetero) is 1. The summed E-state index contributed by atoms with van der Waals surface area (Å²) in [5, 5.41) is 3.44. The van der Waals surface area contributed by atoms with Gasteiger partial charge in [0.05, 0.1) is 0 Å². The SMILES string of the molecule is C=C(C(C)=O)c1ccccc1NCCCN1CCC(Oc2ccc(F)cc2)CC1. The minimum absolute atomic E-state index is 0.00928. The number of rotatable bonds is 9. The van der Waals surface area contributed by atoms with Crippen molar-refractivity contribution in [1.29, 1.82) is 0 Å². The average Bonchev–Trinajstić information content (AvgIpc) is 2.73. The molecule has 1 aliphatic rings. The Morgan fingerprint density at radius 2 is 1.86 bits per heavy atom. The molecule has 0 radical (unpaired) electrons. The predicted molar refractivity (Wildman–Crippen MR) is 116 cm³/mol. The summed E-state index contributed by atoms with van der Waals surface area (Å²) < 4.78 is 18.9. The first kappa shape index (κ1) is 21.1. The number of ether oxygens (including phenoxy) is 1. The van der Waals surface area contributed by atoms with Crippen LogP contribution in [0, 0.1) is 5.82 Å². The van der Waals surface area contributed by atoms with Crippen LogP contribution in [-0.4, -0.2) is 43.0 Å². The normalized spacial score (nSPS) is 15.1. The first-order chi connectivity index (χ1) is 14.0. The Kier molecular flexibility index (Phi) is 7.42. The lowest BCUT2D eigenvalue weighted by molar-refractivity contribution is -0.111. The van der Waals surface area contributed by atoms with Crippen LogP contribution in [0.5, 0.6) is 5.75 Å². The molecular weight excluding hydrogens is 367 g/mol. The molecule has 0 saturated carbocycles. The van der Waals surface area contributed by atoms with Gasteiger partial charge in [0.1, 0.15) is 17.7 Å². The monoisotopic (exact) mass is 396 g/mol. The van der Waals surface area contributed by atoms with Crippen LogP contribution < -0.4 is 10.1 Å². The van der Waals surface area contributed by atoms with E-state index in [0.717, 1.165) is 62.4 Å². The Labute approximate surface area is 172 Å². The quantitative estimate of drug-likeness (QED) is 0.490. The first-order valence-electron chi connectivity index (χ1n) is 10.2. The molecular formula is C24H29FN2O2. The third-order valence-electron chi connectivity index (χ3n) is 5.29. The number of likely N-dealkylation sites (tertiary alicyclic amines) is 1. The molecule has 1 fully saturated rings. The van der Waals surface area contributed by atoms with E-state index in [1.165, 1.54) is 12.1 Å². The smallest absolute Gasteiger partial charge is 0.159 e. The van der Waals surface area contributed by atoms with Crippen LogP contribution >= 0.6 is 0 Å². The fraction of sp³-hybridized carbons (Fsp3) is 0.375. The molecule has 0 aliphatic carbocycles. The number of para-hydroxylation sites is 1. The molecule has 154 valence electrons. The summed E-state index contributed by atoms with van der Waals surface area (Å²) in [7, 11) is 0. The van der Waals surface area contributed by atoms with Crippen LogP contribution in [0.1, 0.15) is 31.7 Å². The predicted octanol–water partition coefficient (Wildman–Crippen LogP) is 4.77. The number of allylic oxidation sites excluding steroid dienone is 1. The van der Waals surface area contributed by atoms with Crippen molar-refractivity contribution in [1.82, 2.24) is 4.90 Å². The van der Waals surface area contributed by atoms with Gasteiger partial charge in [0.25, 0.3) is 0 Å². The Morgan fingerprint density at radius 1 is 1.17 bits per heavy atom. The molecule has 1 aliphatic heterocycles. The molecule has 0 aromatic heterocycles. The number of anilines is 1. The lowest BCUT2D eigenvalue weighted by atomic mass is 10.0. The maximum Gasteiger partial charge on any atom is 0.159 e. The van der Waals surface area contributed by atoms with E-state index in [4.69, 9.17) is 4.74 Å². The van der Waals surface area contributed by atoms with Crippen molar-refractivity contribution >= 4 is 17.0 Å². The first-order valence-corrected chi connectivity index (χ1v) is 10.2. The molecule has 2 aromatic carbocycles. The van der Waals surface area contributed by atoms with E-state index >= 15 is 0 Å². The molecule has 1 heterocycles. The van der Waals surface area contributed by atoms with E-state index in [-0.39, 0.29) is 17.7 Å². The Morgan fingerprint density at radius 3 is 2.55 bits per heavy atom. The zero-order chi connectivity index (χ0) is 20.6. The molecule has 5 heteroatoms. The number of halogens is 1. The number of carbonyl (C=O) groups is 1. The summed E-state index contributed by atoms with van der Waals surface area (Å²) in [6.07, 6.45) is 3.17. The summed E-state index contributed by atoms with van der Waals surface area (Å²) in [5.74, 6) is 0.485. The van der Waals surface area contributed by atoms with Crippen molar-refractivity contribution in [3.63, 3.8) is 0 Å². The zero-order valence-corrected chi connectivity index (χ0v) is 17.0. The highest BCUT2D eigenvalue weighted by molar-refractivity contribution is 6.20. The molecule has 0 bridgehead atoms. The van der Waals surface area contributed by atoms with Crippen LogP contribution in [0.2, 0.25) is 0 Å². The summed E-state index contributed by atoms with van der Waals surface area (Å²) in [6, 6.07) is 14.0. The number of carbonyl (C=O) groups excluding carboxylic acids is 1. The lowest BCUT2D eigenvalue weighted by Gasteiger charge is -2.32. The summed E-state index contributed by atoms with van der Waals surface area (Å²) in [4.78, 5) is 14.1. The Balaban J connectivity index is 1.38. The van der Waals surface area contributed by atoms with Gasteiger partial charge in [-0.15, -0.1) is 0 Å². The van der Waals surface area contributed by atoms with Gasteiger partial charge in [0.15, 0.2) is 5.78 Å². The van der Waals surface area contributed by atoms with Crippen molar-refractivity contribution < 1.29 is 13.9 Å². The standard InChI is InChI=1S/C24H29FN2O2/c1-18(19(2)28)23-6-3-4-7-24(23)26-14-5-15-27-16-12-22(13-17-27)29-21-10-8-20(25)9-11-21/h3-4,6-11,22,26H,1,5,12-17H2,2H3. The molecule has 0 spiro atoms. The number of ketones is 1. The third-order valence-corrected chi connectivity index (χ3v) is 5.29. The maximum atomic E-state index is 13.0. The van der Waals surface area contributed by atoms with Crippen LogP contribution in [0.3, 0.4) is 0 Å². The minimum atomic E-state index is -0.242. The maximum absolute atomic E-state index is 13.0. The molecule has 3 rings (SSSR count). The fourth-order valence-electron chi connectivity index (χ4n) is 3.57. The van der Waals surface area contributed by atoms with Crippen LogP contribution in [0.25, 0.3) is 5.57 Å². The van der Waals surface area contributed by atoms with Crippen LogP contribution in [0.15, 0.2) is 55.1 Å². The van der Waals surface area contributed by atoms with Crippen molar-refractivity contribution in [2.75, 3.05) is 31.5 Å². The number of hydrogen-bond acceptors (Lipinski definition) is 4. The van der Waals surface area contributed by atoms with E-state index in [1.54, 1.807) is 19.1 Å². The molecule has 29 heavy (non-hydrogen) atoms. The zero-order valence-electron chi connectivity index (χ0n) is 17.0. The highest BCUT2D eigenvalue weighted by atomic mass is 19.1. The molecule has 0 amide bonds. The van der Waals surface area contributed by atoms with E-state index in [1.807, 2.05) is 24.3 Å². The second-order valence-corrected chi connectivity index (χ2v) is 7.47. The van der Waals surface area contributed by atoms with Gasteiger partial charge in [-0.25, -0.2) is 4.39 Å². The third kappa shape index (κ3) is 6.16. The van der Waals surface area contributed by atoms with E-state index in [9.17, 15) is 9.18 Å². The Hall–Kier alpha value is -2.66. The van der Waals surface area contributed by atoms with Gasteiger partial charge in [-0.05, 0) is 63.1 Å². The van der Waals surface area contributed by atoms with Crippen LogP contribution in [0.4, 0.5) is 10.1 Å². The largest absolute Gasteiger partial charge is 0.490 e. The second kappa shape index (κ2) is 10.2. The summed E-state index contributed by atoms with van der Waals surface area (Å²) in [6.45, 7) is 9.31. The van der Waals surface area contributed by atoms with Gasteiger partial charge in [-0.3, -0.25) is 4.79 Å². The molecule has 1 N–H and O–H groups in total. The number of hydrogen-bond donors (Lipinski definition) is 1. The molecule has 0 atom stereocenters. The van der Waals surface area contributed by atoms with Crippen molar-refractivity contribution in [3.8, 4) is 5.75 Å². The highest BCUT2D eigenvalue weighted by Crippen LogP contribution is 2.23. The topological polar surface area (TPSA) is 41.6 Å². The summed E-state index contributed by atoms with van der Waals surface area (Å²) >= 11 is 0. The number of piperidine rings is 1. The second-order valence-electron chi connectivity index (χ2n) is 7.47. The van der Waals surface area contributed by atoms with E-state index in [0.29, 0.717) is 5.57 Å². The van der Waals surface area contributed by atoms with Gasteiger partial charge >= 0.3 is 0 Å². The van der Waals surface area contributed by atoms with Gasteiger partial charge in [0, 0.05) is 36.5 Å². The Bertz CT molecular complexity index is 827. The van der Waals surface area contributed by atoms with Gasteiger partial charge in [-0.1, -0.05) is 24.8 Å². The van der Waals surface area contributed by atoms with Crippen LogP contribution in [-0.2, 0) is 4.79 Å². The van der Waals surface area contributed by atoms with Gasteiger partial charge in [-0.2, -0.15) is 0 Å². The van der Waals surface area contributed by atoms with Crippen molar-refractivity contribution in [3.05, 3.63) is 66.5 Å². The number of nitrogens with zero attached hydrogens (tertiary/aromatic N) is 1. The van der Waals surface area contributed by atoms with E-state index in [2.05, 4.69) is 16.8 Å². The minimum Gasteiger partial charge on any atom is -0.490 e.